The predicted octanol–water partition coefficient (Wildman–Crippen LogP) is -3.54. The number of hydrogen-bond donors (Lipinski definition) is 2. The van der Waals surface area contributed by atoms with Crippen LogP contribution in [0.1, 0.15) is 0 Å². The van der Waals surface area contributed by atoms with E-state index in [-0.39, 0.29) is 99.8 Å². The van der Waals surface area contributed by atoms with Crippen molar-refractivity contribution in [1.82, 2.24) is 0 Å². The van der Waals surface area contributed by atoms with E-state index in [1.165, 1.54) is 0 Å². The van der Waals surface area contributed by atoms with Crippen LogP contribution in [0.4, 0.5) is 0 Å². The summed E-state index contributed by atoms with van der Waals surface area (Å²) >= 11 is -8.04. The van der Waals surface area contributed by atoms with Gasteiger partial charge >= 0.3 is 158 Å². The quantitative estimate of drug-likeness (QED) is 0.375. The van der Waals surface area contributed by atoms with Crippen molar-refractivity contribution in [1.29, 1.82) is 0 Å². The normalized spacial score (nSPS) is 4.55. The SMILES string of the molecule is [KH].[LiH].[NaH].[O]=[Nb](=[O])[OH].[O]=[Ta](=[O])[OH]. The Kier molecular flexibility index (Phi) is 62.9. The molecule has 0 spiro atoms. The van der Waals surface area contributed by atoms with Gasteiger partial charge in [0.15, 0.2) is 0 Å². The van der Waals surface area contributed by atoms with E-state index in [1.807, 2.05) is 0 Å². The fraction of sp³-hybridized carbons (Fsp3) is 0. The van der Waals surface area contributed by atoms with Crippen LogP contribution in [0.15, 0.2) is 0 Å². The molecule has 0 aromatic carbocycles. The zero-order valence-electron chi connectivity index (χ0n) is 3.42. The standard InChI is InChI=1S/K.Li.Na.Nb.2H2O.4O.Ta.3H/h;;;;2*1H2;;;;;;;;/q;;;+1;;;;;;;+1;;;/p-2. The van der Waals surface area contributed by atoms with Crippen LogP contribution in [0.25, 0.3) is 0 Å². The zero-order valence-corrected chi connectivity index (χ0v) is 8.83. The number of rotatable bonds is 0. The van der Waals surface area contributed by atoms with E-state index < -0.39 is 37.6 Å². The third-order valence-corrected chi connectivity index (χ3v) is 0. The minimum atomic E-state index is -4.09. The minimum absolute atomic E-state index is 0. The van der Waals surface area contributed by atoms with Gasteiger partial charge in [-0.1, -0.05) is 0 Å². The van der Waals surface area contributed by atoms with E-state index in [9.17, 15) is 0 Å². The molecule has 0 aliphatic heterocycles. The molecule has 11 heavy (non-hydrogen) atoms. The summed E-state index contributed by atoms with van der Waals surface area (Å²) in [6.07, 6.45) is 0. The third kappa shape index (κ3) is 132. The van der Waals surface area contributed by atoms with Crippen LogP contribution in [-0.2, 0) is 50.6 Å². The molecule has 0 unspecified atom stereocenters. The van der Waals surface area contributed by atoms with Crippen molar-refractivity contribution >= 4 is 99.8 Å². The summed E-state index contributed by atoms with van der Waals surface area (Å²) in [6, 6.07) is 0. The molecule has 0 radical (unpaired) electrons. The summed E-state index contributed by atoms with van der Waals surface area (Å²) in [5, 5.41) is 0. The third-order valence-electron chi connectivity index (χ3n) is 0. The van der Waals surface area contributed by atoms with Crippen LogP contribution < -0.4 is 0 Å². The molecule has 0 fully saturated rings. The Labute approximate surface area is 153 Å². The molecule has 0 atom stereocenters. The molecule has 0 amide bonds. The van der Waals surface area contributed by atoms with Crippen molar-refractivity contribution in [3.63, 3.8) is 0 Å². The van der Waals surface area contributed by atoms with E-state index in [2.05, 4.69) is 0 Å². The van der Waals surface area contributed by atoms with Gasteiger partial charge in [0.1, 0.15) is 0 Å². The van der Waals surface area contributed by atoms with Crippen LogP contribution in [0.3, 0.4) is 0 Å². The van der Waals surface area contributed by atoms with Crippen LogP contribution >= 0.6 is 0 Å². The van der Waals surface area contributed by atoms with E-state index in [0.29, 0.717) is 0 Å². The summed E-state index contributed by atoms with van der Waals surface area (Å²) in [7, 11) is 0. The Hall–Kier alpha value is 3.83. The van der Waals surface area contributed by atoms with E-state index in [0.717, 1.165) is 0 Å². The second kappa shape index (κ2) is 23.6. The van der Waals surface area contributed by atoms with Crippen molar-refractivity contribution in [3.8, 4) is 0 Å². The number of hydrogen-bond acceptors (Lipinski definition) is 4. The average molecular weight is 444 g/mol. The Morgan fingerprint density at radius 1 is 1.18 bits per heavy atom. The first kappa shape index (κ1) is 29.4. The van der Waals surface area contributed by atoms with Gasteiger partial charge in [0.05, 0.1) is 0 Å². The van der Waals surface area contributed by atoms with Crippen molar-refractivity contribution in [2.75, 3.05) is 0 Å². The van der Waals surface area contributed by atoms with Gasteiger partial charge < -0.3 is 0 Å². The van der Waals surface area contributed by atoms with Gasteiger partial charge in [0, 0.05) is 0 Å². The molecule has 6 nitrogen and oxygen atoms in total. The monoisotopic (exact) mass is 444 g/mol. The molecule has 0 aromatic heterocycles. The second-order valence-corrected chi connectivity index (χ2v) is 3.35. The van der Waals surface area contributed by atoms with Crippen molar-refractivity contribution < 1.29 is 57.8 Å². The Morgan fingerprint density at radius 2 is 1.18 bits per heavy atom. The van der Waals surface area contributed by atoms with Crippen LogP contribution in [-0.4, -0.2) is 107 Å². The fourth-order valence-corrected chi connectivity index (χ4v) is 0. The Bertz CT molecular complexity index is 139. The molecule has 0 saturated heterocycles. The molecule has 0 bridgehead atoms. The Morgan fingerprint density at radius 3 is 1.18 bits per heavy atom. The molecular formula is H5KLiNaNbO6Ta. The first-order valence-corrected chi connectivity index (χ1v) is 7.97. The summed E-state index contributed by atoms with van der Waals surface area (Å²) in [6.45, 7) is 0. The maximum absolute atomic E-state index is 8.73. The van der Waals surface area contributed by atoms with Crippen LogP contribution in [0.5, 0.6) is 0 Å². The maximum atomic E-state index is 8.73. The summed E-state index contributed by atoms with van der Waals surface area (Å²) < 4.78 is 49.2. The van der Waals surface area contributed by atoms with Gasteiger partial charge in [-0.15, -0.1) is 0 Å². The van der Waals surface area contributed by atoms with Gasteiger partial charge in [0.25, 0.3) is 0 Å². The van der Waals surface area contributed by atoms with E-state index in [1.54, 1.807) is 0 Å². The molecule has 0 aliphatic rings. The topological polar surface area (TPSA) is 109 Å². The van der Waals surface area contributed by atoms with E-state index >= 15 is 0 Å². The van der Waals surface area contributed by atoms with Gasteiger partial charge in [-0.25, -0.2) is 0 Å². The predicted molar refractivity (Wildman–Crippen MR) is 28.6 cm³/mol. The zero-order chi connectivity index (χ0) is 7.15. The summed E-state index contributed by atoms with van der Waals surface area (Å²) in [5.41, 5.74) is 0. The molecule has 0 aliphatic carbocycles. The van der Waals surface area contributed by atoms with E-state index in [4.69, 9.17) is 20.2 Å². The van der Waals surface area contributed by atoms with Gasteiger partial charge in [-0.2, -0.15) is 0 Å². The van der Waals surface area contributed by atoms with Gasteiger partial charge in [-0.3, -0.25) is 0 Å². The molecule has 54 valence electrons. The molecule has 2 N–H and O–H groups in total. The first-order chi connectivity index (χ1) is 3.46. The molecule has 11 heteroatoms. The molecule has 0 rings (SSSR count). The molecule has 0 saturated carbocycles. The molecular weight excluding hydrogens is 439 g/mol. The average Bonchev–Trinajstić information content (AvgIpc) is 1.25. The van der Waals surface area contributed by atoms with Crippen LogP contribution in [0, 0.1) is 0 Å². The molecule has 0 heterocycles. The van der Waals surface area contributed by atoms with Crippen molar-refractivity contribution in [3.05, 3.63) is 0 Å². The van der Waals surface area contributed by atoms with Crippen LogP contribution in [0.2, 0.25) is 0 Å². The van der Waals surface area contributed by atoms with Crippen molar-refractivity contribution in [2.45, 2.75) is 0 Å². The summed E-state index contributed by atoms with van der Waals surface area (Å²) in [5.74, 6) is 0. The fourth-order valence-electron chi connectivity index (χ4n) is 0. The van der Waals surface area contributed by atoms with Gasteiger partial charge in [-0.05, 0) is 0 Å². The van der Waals surface area contributed by atoms with Crippen molar-refractivity contribution in [2.24, 2.45) is 0 Å². The second-order valence-electron chi connectivity index (χ2n) is 0.476. The summed E-state index contributed by atoms with van der Waals surface area (Å²) in [4.78, 5) is 0. The Balaban J connectivity index is -0.0000000171. The molecule has 0 aromatic rings. The van der Waals surface area contributed by atoms with Gasteiger partial charge in [0.2, 0.25) is 0 Å². The first-order valence-electron chi connectivity index (χ1n) is 1.13.